The fourth-order valence-corrected chi connectivity index (χ4v) is 1.95. The minimum atomic E-state index is -2.91. The van der Waals surface area contributed by atoms with Gasteiger partial charge in [-0.1, -0.05) is 6.92 Å². The summed E-state index contributed by atoms with van der Waals surface area (Å²) in [6.45, 7) is 5.18. The zero-order valence-electron chi connectivity index (χ0n) is 8.60. The van der Waals surface area contributed by atoms with Gasteiger partial charge in [0.2, 0.25) is 0 Å². The van der Waals surface area contributed by atoms with Crippen LogP contribution in [-0.2, 0) is 23.1 Å². The fraction of sp³-hybridized carbons (Fsp3) is 1.00. The van der Waals surface area contributed by atoms with Gasteiger partial charge in [0, 0.05) is 6.16 Å². The monoisotopic (exact) mass is 224 g/mol. The molecule has 1 fully saturated rings. The molecule has 0 saturated carbocycles. The van der Waals surface area contributed by atoms with Gasteiger partial charge in [-0.25, -0.2) is 0 Å². The second-order valence-electron chi connectivity index (χ2n) is 2.92. The second kappa shape index (κ2) is 5.83. The Kier molecular flexibility index (Phi) is 5.06. The highest BCUT2D eigenvalue weighted by molar-refractivity contribution is 7.53. The smallest absolute Gasteiger partial charge is 0.332 e. The van der Waals surface area contributed by atoms with E-state index in [9.17, 15) is 4.57 Å². The molecule has 14 heavy (non-hydrogen) atoms. The van der Waals surface area contributed by atoms with Gasteiger partial charge in [-0.05, 0) is 6.92 Å². The van der Waals surface area contributed by atoms with E-state index in [2.05, 4.69) is 0 Å². The third-order valence-corrected chi connectivity index (χ3v) is 3.68. The molecule has 0 spiro atoms. The predicted octanol–water partition coefficient (Wildman–Crippen LogP) is 1.63. The molecular formula is C8H17O5P. The zero-order valence-corrected chi connectivity index (χ0v) is 9.50. The number of ether oxygens (including phenoxy) is 2. The summed E-state index contributed by atoms with van der Waals surface area (Å²) < 4.78 is 31.8. The first-order valence-electron chi connectivity index (χ1n) is 4.77. The Bertz CT molecular complexity index is 204. The minimum Gasteiger partial charge on any atom is -0.371 e. The summed E-state index contributed by atoms with van der Waals surface area (Å²) in [7, 11) is -2.91. The molecule has 1 aliphatic rings. The normalized spacial score (nSPS) is 24.6. The molecule has 0 N–H and O–H groups in total. The highest BCUT2D eigenvalue weighted by Crippen LogP contribution is 2.47. The molecule has 0 radical (unpaired) electrons. The number of hydrogen-bond acceptors (Lipinski definition) is 5. The van der Waals surface area contributed by atoms with Crippen LogP contribution in [0.3, 0.4) is 0 Å². The number of rotatable bonds is 8. The van der Waals surface area contributed by atoms with Gasteiger partial charge in [-0.15, -0.1) is 0 Å². The molecule has 6 heteroatoms. The predicted molar refractivity (Wildman–Crippen MR) is 51.4 cm³/mol. The van der Waals surface area contributed by atoms with Gasteiger partial charge in [0.05, 0.1) is 19.8 Å². The van der Waals surface area contributed by atoms with Crippen molar-refractivity contribution >= 4 is 7.60 Å². The lowest BCUT2D eigenvalue weighted by molar-refractivity contribution is -0.000706. The molecule has 0 aromatic carbocycles. The summed E-state index contributed by atoms with van der Waals surface area (Å²) in [5.74, 6) is 0. The van der Waals surface area contributed by atoms with Crippen LogP contribution in [0.5, 0.6) is 0 Å². The van der Waals surface area contributed by atoms with Gasteiger partial charge in [0.15, 0.2) is 6.79 Å². The molecule has 1 heterocycles. The highest BCUT2D eigenvalue weighted by atomic mass is 31.2. The SMILES string of the molecule is CCOP(=O)(CC)OCOCC1CO1. The molecule has 5 nitrogen and oxygen atoms in total. The molecule has 1 aliphatic heterocycles. The van der Waals surface area contributed by atoms with Crippen LogP contribution in [0, 0.1) is 0 Å². The lowest BCUT2D eigenvalue weighted by Crippen LogP contribution is -2.06. The maximum absolute atomic E-state index is 11.7. The minimum absolute atomic E-state index is 0.00494. The quantitative estimate of drug-likeness (QED) is 0.271. The molecular weight excluding hydrogens is 207 g/mol. The van der Waals surface area contributed by atoms with Gasteiger partial charge in [-0.3, -0.25) is 9.09 Å². The largest absolute Gasteiger partial charge is 0.371 e. The van der Waals surface area contributed by atoms with Crippen molar-refractivity contribution in [3.63, 3.8) is 0 Å². The Morgan fingerprint density at radius 3 is 2.64 bits per heavy atom. The Morgan fingerprint density at radius 2 is 2.14 bits per heavy atom. The standard InChI is InChI=1S/C8H17O5P/c1-3-12-14(9,4-2)13-7-10-5-8-6-11-8/h8H,3-7H2,1-2H3. The van der Waals surface area contributed by atoms with Crippen LogP contribution in [0.25, 0.3) is 0 Å². The van der Waals surface area contributed by atoms with E-state index in [1.165, 1.54) is 0 Å². The van der Waals surface area contributed by atoms with Crippen LogP contribution < -0.4 is 0 Å². The summed E-state index contributed by atoms with van der Waals surface area (Å²) in [6, 6.07) is 0. The first kappa shape index (κ1) is 12.1. The van der Waals surface area contributed by atoms with E-state index < -0.39 is 7.60 Å². The summed E-state index contributed by atoms with van der Waals surface area (Å²) in [4.78, 5) is 0. The summed E-state index contributed by atoms with van der Waals surface area (Å²) in [5.41, 5.74) is 0. The van der Waals surface area contributed by atoms with E-state index in [0.29, 0.717) is 19.4 Å². The van der Waals surface area contributed by atoms with Crippen LogP contribution in [-0.4, -0.2) is 38.9 Å². The van der Waals surface area contributed by atoms with Crippen LogP contribution in [0.1, 0.15) is 13.8 Å². The molecule has 1 rings (SSSR count). The molecule has 84 valence electrons. The Balaban J connectivity index is 2.08. The van der Waals surface area contributed by atoms with E-state index in [4.69, 9.17) is 18.5 Å². The number of hydrogen-bond donors (Lipinski definition) is 0. The van der Waals surface area contributed by atoms with Gasteiger partial charge in [-0.2, -0.15) is 0 Å². The van der Waals surface area contributed by atoms with Crippen molar-refractivity contribution in [1.29, 1.82) is 0 Å². The molecule has 0 bridgehead atoms. The van der Waals surface area contributed by atoms with Crippen molar-refractivity contribution in [1.82, 2.24) is 0 Å². The van der Waals surface area contributed by atoms with Crippen LogP contribution in [0.15, 0.2) is 0 Å². The van der Waals surface area contributed by atoms with Crippen molar-refractivity contribution in [3.8, 4) is 0 Å². The molecule has 2 atom stereocenters. The Morgan fingerprint density at radius 1 is 1.43 bits per heavy atom. The van der Waals surface area contributed by atoms with Gasteiger partial charge < -0.3 is 14.0 Å². The van der Waals surface area contributed by atoms with Gasteiger partial charge in [0.25, 0.3) is 0 Å². The van der Waals surface area contributed by atoms with Crippen LogP contribution in [0.2, 0.25) is 0 Å². The van der Waals surface area contributed by atoms with E-state index in [1.807, 2.05) is 0 Å². The maximum Gasteiger partial charge on any atom is 0.332 e. The lowest BCUT2D eigenvalue weighted by Gasteiger charge is -2.15. The van der Waals surface area contributed by atoms with E-state index in [-0.39, 0.29) is 12.9 Å². The average molecular weight is 224 g/mol. The fourth-order valence-electron chi connectivity index (χ4n) is 0.878. The molecule has 0 aromatic heterocycles. The van der Waals surface area contributed by atoms with Gasteiger partial charge in [0.1, 0.15) is 6.10 Å². The first-order chi connectivity index (χ1) is 6.70. The molecule has 2 unspecified atom stereocenters. The Hall–Kier alpha value is 0.0700. The van der Waals surface area contributed by atoms with Gasteiger partial charge >= 0.3 is 7.60 Å². The van der Waals surface area contributed by atoms with Crippen molar-refractivity contribution in [2.24, 2.45) is 0 Å². The van der Waals surface area contributed by atoms with Crippen molar-refractivity contribution < 1.29 is 23.1 Å². The van der Waals surface area contributed by atoms with Crippen LogP contribution in [0.4, 0.5) is 0 Å². The first-order valence-corrected chi connectivity index (χ1v) is 6.50. The van der Waals surface area contributed by atoms with Crippen molar-refractivity contribution in [3.05, 3.63) is 0 Å². The molecule has 0 aromatic rings. The highest BCUT2D eigenvalue weighted by Gasteiger charge is 2.24. The molecule has 0 aliphatic carbocycles. The number of epoxide rings is 1. The summed E-state index contributed by atoms with van der Waals surface area (Å²) >= 11 is 0. The maximum atomic E-state index is 11.7. The second-order valence-corrected chi connectivity index (χ2v) is 5.29. The lowest BCUT2D eigenvalue weighted by atomic mass is 10.5. The van der Waals surface area contributed by atoms with E-state index in [1.54, 1.807) is 13.8 Å². The zero-order chi connectivity index (χ0) is 10.4. The summed E-state index contributed by atoms with van der Waals surface area (Å²) in [6.07, 6.45) is 0.566. The molecule has 1 saturated heterocycles. The van der Waals surface area contributed by atoms with E-state index >= 15 is 0 Å². The third-order valence-electron chi connectivity index (χ3n) is 1.75. The van der Waals surface area contributed by atoms with Crippen molar-refractivity contribution in [2.75, 3.05) is 32.8 Å². The Labute approximate surface area is 84.2 Å². The topological polar surface area (TPSA) is 57.3 Å². The molecule has 0 amide bonds. The van der Waals surface area contributed by atoms with Crippen LogP contribution >= 0.6 is 7.60 Å². The van der Waals surface area contributed by atoms with Crippen molar-refractivity contribution in [2.45, 2.75) is 20.0 Å². The third kappa shape index (κ3) is 4.53. The van der Waals surface area contributed by atoms with E-state index in [0.717, 1.165) is 6.61 Å². The average Bonchev–Trinajstić information content (AvgIpc) is 2.97. The summed E-state index contributed by atoms with van der Waals surface area (Å²) in [5, 5.41) is 0.